The van der Waals surface area contributed by atoms with E-state index in [-0.39, 0.29) is 41.4 Å². The minimum Gasteiger partial charge on any atom is -0.453 e. The number of aromatic nitrogens is 2. The molecular weight excluding hydrogens is 475 g/mol. The molecule has 1 saturated heterocycles. The van der Waals surface area contributed by atoms with Crippen molar-refractivity contribution in [1.82, 2.24) is 19.6 Å². The fourth-order valence-electron chi connectivity index (χ4n) is 7.02. The zero-order valence-electron chi connectivity index (χ0n) is 19.9. The fraction of sp³-hybridized carbons (Fsp3) is 0.792. The molecule has 0 spiro atoms. The summed E-state index contributed by atoms with van der Waals surface area (Å²) in [6, 6.07) is -0.776. The second kappa shape index (κ2) is 8.62. The van der Waals surface area contributed by atoms with Gasteiger partial charge in [0.1, 0.15) is 5.82 Å². The highest BCUT2D eigenvalue weighted by Crippen LogP contribution is 2.61. The quantitative estimate of drug-likeness (QED) is 0.603. The molecule has 6 rings (SSSR count). The highest BCUT2D eigenvalue weighted by Gasteiger charge is 2.60. The Morgan fingerprint density at radius 3 is 2.69 bits per heavy atom. The van der Waals surface area contributed by atoms with E-state index in [0.717, 1.165) is 50.8 Å². The number of likely N-dealkylation sites (tertiary alicyclic amines) is 1. The Morgan fingerprint density at radius 2 is 2.00 bits per heavy atom. The predicted molar refractivity (Wildman–Crippen MR) is 123 cm³/mol. The maximum atomic E-state index is 13.3. The molecule has 5 aliphatic rings. The predicted octanol–water partition coefficient (Wildman–Crippen LogP) is 2.51. The van der Waals surface area contributed by atoms with E-state index < -0.39 is 28.0 Å². The third kappa shape index (κ3) is 4.13. The van der Waals surface area contributed by atoms with E-state index in [2.05, 4.69) is 14.7 Å². The van der Waals surface area contributed by atoms with Gasteiger partial charge in [-0.25, -0.2) is 32.3 Å². The maximum absolute atomic E-state index is 13.3. The Morgan fingerprint density at radius 1 is 1.23 bits per heavy atom. The first-order valence-corrected chi connectivity index (χ1v) is 14.3. The van der Waals surface area contributed by atoms with Gasteiger partial charge < -0.3 is 9.47 Å². The summed E-state index contributed by atoms with van der Waals surface area (Å²) in [5, 5.41) is -0.314. The number of nitrogens with one attached hydrogen (secondary N) is 1. The van der Waals surface area contributed by atoms with Crippen LogP contribution in [0.4, 0.5) is 9.18 Å². The van der Waals surface area contributed by atoms with Gasteiger partial charge >= 0.3 is 6.09 Å². The van der Waals surface area contributed by atoms with Crippen LogP contribution >= 0.6 is 0 Å². The SMILES string of the molecule is COC(=O)N1[C@@H]2CCC[C@@H]2[C@H](NS(=O)(=O)C2CC2)[C@@H]1COC1CCC2(c3ncc(F)cn3)CC2C1. The standard InChI is InChI=1S/C24H33FN4O5S/c1-33-23(30)29-19-4-2-3-18(19)21(28-35(31,32)17-5-6-17)20(29)13-34-16-7-8-24(10-14(24)9-16)22-26-11-15(25)12-27-22/h11-12,14,16-21,28H,2-10,13H2,1H3/t14?,16?,18-,19+,20-,21-,24?/m0/s1. The average Bonchev–Trinajstić information content (AvgIpc) is 3.75. The summed E-state index contributed by atoms with van der Waals surface area (Å²) < 4.78 is 53.4. The van der Waals surface area contributed by atoms with Crippen LogP contribution in [0.15, 0.2) is 12.4 Å². The second-order valence-electron chi connectivity index (χ2n) is 11.0. The van der Waals surface area contributed by atoms with E-state index in [9.17, 15) is 17.6 Å². The Labute approximate surface area is 205 Å². The molecule has 5 fully saturated rings. The number of rotatable bonds is 7. The summed E-state index contributed by atoms with van der Waals surface area (Å²) in [4.78, 5) is 23.0. The van der Waals surface area contributed by atoms with Crippen molar-refractivity contribution in [3.8, 4) is 0 Å². The molecule has 0 bridgehead atoms. The second-order valence-corrected chi connectivity index (χ2v) is 13.0. The lowest BCUT2D eigenvalue weighted by atomic mass is 9.86. The maximum Gasteiger partial charge on any atom is 0.410 e. The van der Waals surface area contributed by atoms with Gasteiger partial charge in [0.15, 0.2) is 5.82 Å². The third-order valence-electron chi connectivity index (χ3n) is 9.03. The number of hydrogen-bond acceptors (Lipinski definition) is 7. The number of amides is 1. The van der Waals surface area contributed by atoms with Gasteiger partial charge in [0, 0.05) is 17.5 Å². The summed E-state index contributed by atoms with van der Waals surface area (Å²) in [5.41, 5.74) is -0.0710. The Hall–Kier alpha value is -1.85. The first kappa shape index (κ1) is 23.5. The molecule has 2 heterocycles. The van der Waals surface area contributed by atoms with Crippen molar-refractivity contribution < 1.29 is 27.1 Å². The van der Waals surface area contributed by atoms with E-state index >= 15 is 0 Å². The van der Waals surface area contributed by atoms with Crippen molar-refractivity contribution in [1.29, 1.82) is 0 Å². The van der Waals surface area contributed by atoms with Crippen LogP contribution in [0.3, 0.4) is 0 Å². The molecule has 1 N–H and O–H groups in total. The van der Waals surface area contributed by atoms with Gasteiger partial charge in [-0.1, -0.05) is 6.42 Å². The molecule has 1 amide bonds. The number of fused-ring (bicyclic) bond motifs is 2. The molecule has 1 aromatic heterocycles. The number of carbonyl (C=O) groups is 1. The number of carbonyl (C=O) groups excluding carboxylic acids is 1. The number of nitrogens with zero attached hydrogens (tertiary/aromatic N) is 3. The molecule has 1 aliphatic heterocycles. The lowest BCUT2D eigenvalue weighted by molar-refractivity contribution is -0.0114. The number of halogens is 1. The molecule has 4 aliphatic carbocycles. The minimum atomic E-state index is -3.41. The number of methoxy groups -OCH3 is 1. The van der Waals surface area contributed by atoms with Gasteiger partial charge in [-0.05, 0) is 63.2 Å². The minimum absolute atomic E-state index is 0.0247. The van der Waals surface area contributed by atoms with Crippen LogP contribution < -0.4 is 4.72 Å². The van der Waals surface area contributed by atoms with Crippen LogP contribution in [0.25, 0.3) is 0 Å². The number of ether oxygens (including phenoxy) is 2. The van der Waals surface area contributed by atoms with Gasteiger partial charge in [-0.15, -0.1) is 0 Å². The van der Waals surface area contributed by atoms with Crippen molar-refractivity contribution in [2.45, 2.75) is 92.7 Å². The molecule has 1 aromatic rings. The molecule has 3 unspecified atom stereocenters. The highest BCUT2D eigenvalue weighted by atomic mass is 32.2. The van der Waals surface area contributed by atoms with E-state index in [0.29, 0.717) is 18.8 Å². The van der Waals surface area contributed by atoms with Crippen molar-refractivity contribution >= 4 is 16.1 Å². The van der Waals surface area contributed by atoms with Crippen LogP contribution in [0.1, 0.15) is 63.6 Å². The highest BCUT2D eigenvalue weighted by molar-refractivity contribution is 7.90. The summed E-state index contributed by atoms with van der Waals surface area (Å²) >= 11 is 0. The Balaban J connectivity index is 1.15. The van der Waals surface area contributed by atoms with E-state index in [1.54, 1.807) is 4.90 Å². The summed E-state index contributed by atoms with van der Waals surface area (Å²) in [6.07, 6.45) is 9.71. The largest absolute Gasteiger partial charge is 0.453 e. The van der Waals surface area contributed by atoms with Gasteiger partial charge in [-0.3, -0.25) is 4.90 Å². The van der Waals surface area contributed by atoms with Gasteiger partial charge in [0.25, 0.3) is 0 Å². The summed E-state index contributed by atoms with van der Waals surface area (Å²) in [6.45, 7) is 0.275. The van der Waals surface area contributed by atoms with Gasteiger partial charge in [-0.2, -0.15) is 0 Å². The molecule has 4 saturated carbocycles. The average molecular weight is 509 g/mol. The Kier molecular flexibility index (Phi) is 5.80. The molecule has 0 radical (unpaired) electrons. The lowest BCUT2D eigenvalue weighted by Gasteiger charge is -2.33. The molecular formula is C24H33FN4O5S. The normalized spacial score (nSPS) is 38.2. The van der Waals surface area contributed by atoms with E-state index in [1.165, 1.54) is 19.5 Å². The van der Waals surface area contributed by atoms with Crippen LogP contribution in [0, 0.1) is 17.7 Å². The van der Waals surface area contributed by atoms with Crippen molar-refractivity contribution in [3.05, 3.63) is 24.0 Å². The van der Waals surface area contributed by atoms with Crippen LogP contribution in [-0.2, 0) is 24.9 Å². The van der Waals surface area contributed by atoms with Crippen LogP contribution in [0.2, 0.25) is 0 Å². The van der Waals surface area contributed by atoms with Gasteiger partial charge in [0.05, 0.1) is 43.5 Å². The fourth-order valence-corrected chi connectivity index (χ4v) is 8.68. The van der Waals surface area contributed by atoms with E-state index in [4.69, 9.17) is 9.47 Å². The summed E-state index contributed by atoms with van der Waals surface area (Å²) in [5.74, 6) is 0.768. The van der Waals surface area contributed by atoms with E-state index in [1.807, 2.05) is 0 Å². The number of hydrogen-bond donors (Lipinski definition) is 1. The van der Waals surface area contributed by atoms with Crippen LogP contribution in [-0.4, -0.2) is 72.6 Å². The first-order chi connectivity index (χ1) is 16.8. The monoisotopic (exact) mass is 508 g/mol. The zero-order chi connectivity index (χ0) is 24.4. The van der Waals surface area contributed by atoms with Crippen LogP contribution in [0.5, 0.6) is 0 Å². The van der Waals surface area contributed by atoms with Crippen molar-refractivity contribution in [3.63, 3.8) is 0 Å². The molecule has 9 nitrogen and oxygen atoms in total. The smallest absolute Gasteiger partial charge is 0.410 e. The third-order valence-corrected chi connectivity index (χ3v) is 11.0. The Bertz CT molecular complexity index is 1080. The molecule has 35 heavy (non-hydrogen) atoms. The molecule has 192 valence electrons. The summed E-state index contributed by atoms with van der Waals surface area (Å²) in [7, 11) is -2.04. The first-order valence-electron chi connectivity index (χ1n) is 12.8. The van der Waals surface area contributed by atoms with Crippen molar-refractivity contribution in [2.75, 3.05) is 13.7 Å². The lowest BCUT2D eigenvalue weighted by Crippen LogP contribution is -2.52. The van der Waals surface area contributed by atoms with Gasteiger partial charge in [0.2, 0.25) is 10.0 Å². The molecule has 0 aromatic carbocycles. The van der Waals surface area contributed by atoms with Crippen molar-refractivity contribution in [2.24, 2.45) is 11.8 Å². The topological polar surface area (TPSA) is 111 Å². The molecule has 11 heteroatoms. The molecule has 7 atom stereocenters. The number of sulfonamides is 1. The zero-order valence-corrected chi connectivity index (χ0v) is 20.8.